The van der Waals surface area contributed by atoms with Crippen LogP contribution in [0.15, 0.2) is 89.0 Å². The van der Waals surface area contributed by atoms with Crippen LogP contribution in [0, 0.1) is 6.92 Å². The minimum Gasteiger partial charge on any atom is -0.260 e. The number of nitrogens with zero attached hydrogens (tertiary/aromatic N) is 2. The van der Waals surface area contributed by atoms with Gasteiger partial charge in [0.15, 0.2) is 5.84 Å². The summed E-state index contributed by atoms with van der Waals surface area (Å²) in [5, 5.41) is 4.66. The molecule has 0 unspecified atom stereocenters. The number of rotatable bonds is 2. The van der Waals surface area contributed by atoms with Crippen molar-refractivity contribution < 1.29 is 0 Å². The third kappa shape index (κ3) is 2.72. The molecule has 0 spiro atoms. The summed E-state index contributed by atoms with van der Waals surface area (Å²) in [4.78, 5) is 4.84. The summed E-state index contributed by atoms with van der Waals surface area (Å²) >= 11 is 0. The normalized spacial score (nSPS) is 13.2. The van der Waals surface area contributed by atoms with E-state index in [4.69, 9.17) is 4.99 Å². The van der Waals surface area contributed by atoms with E-state index in [-0.39, 0.29) is 0 Å². The summed E-state index contributed by atoms with van der Waals surface area (Å²) in [7, 11) is 0. The number of amidine groups is 1. The molecule has 1 N–H and O–H groups in total. The quantitative estimate of drug-likeness (QED) is 0.747. The molecule has 1 heterocycles. The van der Waals surface area contributed by atoms with Gasteiger partial charge in [-0.25, -0.2) is 4.99 Å². The van der Waals surface area contributed by atoms with Crippen LogP contribution in [0.1, 0.15) is 22.3 Å². The monoisotopic (exact) mass is 311 g/mol. The fourth-order valence-electron chi connectivity index (χ4n) is 2.79. The summed E-state index contributed by atoms with van der Waals surface area (Å²) in [6.45, 7) is 2.08. The number of benzene rings is 3. The Balaban J connectivity index is 1.89. The van der Waals surface area contributed by atoms with Gasteiger partial charge in [0, 0.05) is 16.7 Å². The second-order valence-corrected chi connectivity index (χ2v) is 5.79. The van der Waals surface area contributed by atoms with Crippen molar-refractivity contribution in [3.63, 3.8) is 0 Å². The molecule has 0 aromatic heterocycles. The molecule has 1 aliphatic rings. The molecule has 0 bridgehead atoms. The predicted octanol–water partition coefficient (Wildman–Crippen LogP) is 4.43. The first-order chi connectivity index (χ1) is 11.8. The van der Waals surface area contributed by atoms with E-state index in [2.05, 4.69) is 47.8 Å². The highest BCUT2D eigenvalue weighted by atomic mass is 15.3. The smallest absolute Gasteiger partial charge is 0.154 e. The highest BCUT2D eigenvalue weighted by molar-refractivity contribution is 6.18. The summed E-state index contributed by atoms with van der Waals surface area (Å²) in [5.74, 6) is 0.758. The van der Waals surface area contributed by atoms with Gasteiger partial charge in [-0.05, 0) is 18.6 Å². The molecule has 0 amide bonds. The van der Waals surface area contributed by atoms with Gasteiger partial charge in [-0.2, -0.15) is 5.10 Å². The first-order valence-electron chi connectivity index (χ1n) is 7.95. The van der Waals surface area contributed by atoms with Crippen molar-refractivity contribution in [3.8, 4) is 0 Å². The number of fused-ring (bicyclic) bond motifs is 1. The third-order valence-electron chi connectivity index (χ3n) is 4.01. The molecule has 3 nitrogen and oxygen atoms in total. The number of aryl methyl sites for hydroxylation is 1. The van der Waals surface area contributed by atoms with E-state index in [1.807, 2.05) is 48.5 Å². The summed E-state index contributed by atoms with van der Waals surface area (Å²) in [5.41, 5.74) is 9.28. The van der Waals surface area contributed by atoms with Crippen LogP contribution >= 0.6 is 0 Å². The van der Waals surface area contributed by atoms with Crippen molar-refractivity contribution in [1.82, 2.24) is 5.43 Å². The average Bonchev–Trinajstić information content (AvgIpc) is 2.82. The summed E-state index contributed by atoms with van der Waals surface area (Å²) < 4.78 is 0. The van der Waals surface area contributed by atoms with Crippen LogP contribution in [0.2, 0.25) is 0 Å². The van der Waals surface area contributed by atoms with Crippen molar-refractivity contribution in [1.29, 1.82) is 0 Å². The Kier molecular flexibility index (Phi) is 3.67. The van der Waals surface area contributed by atoms with Crippen molar-refractivity contribution in [2.24, 2.45) is 10.1 Å². The lowest BCUT2D eigenvalue weighted by molar-refractivity contribution is 1.03. The van der Waals surface area contributed by atoms with Gasteiger partial charge >= 0.3 is 0 Å². The van der Waals surface area contributed by atoms with E-state index in [9.17, 15) is 0 Å². The molecule has 0 saturated carbocycles. The van der Waals surface area contributed by atoms with Gasteiger partial charge in [-0.15, -0.1) is 0 Å². The van der Waals surface area contributed by atoms with Crippen molar-refractivity contribution in [2.45, 2.75) is 6.92 Å². The number of hydrogen-bond donors (Lipinski definition) is 1. The van der Waals surface area contributed by atoms with Gasteiger partial charge < -0.3 is 0 Å². The third-order valence-corrected chi connectivity index (χ3v) is 4.01. The molecule has 0 aliphatic carbocycles. The fraction of sp³-hybridized carbons (Fsp3) is 0.0476. The molecular formula is C21H17N3. The Bertz CT molecular complexity index is 926. The van der Waals surface area contributed by atoms with Crippen LogP contribution in [0.4, 0.5) is 5.69 Å². The molecular weight excluding hydrogens is 294 g/mol. The second-order valence-electron chi connectivity index (χ2n) is 5.79. The lowest BCUT2D eigenvalue weighted by Gasteiger charge is -2.08. The van der Waals surface area contributed by atoms with E-state index in [1.54, 1.807) is 0 Å². The number of aliphatic imine (C=N–C) groups is 1. The maximum Gasteiger partial charge on any atom is 0.154 e. The number of hydrogen-bond acceptors (Lipinski definition) is 3. The van der Waals surface area contributed by atoms with Gasteiger partial charge in [0.05, 0.1) is 11.4 Å². The molecule has 0 radical (unpaired) electrons. The summed E-state index contributed by atoms with van der Waals surface area (Å²) in [6, 6.07) is 26.6. The molecule has 24 heavy (non-hydrogen) atoms. The topological polar surface area (TPSA) is 36.8 Å². The zero-order valence-corrected chi connectivity index (χ0v) is 13.4. The molecule has 3 aromatic carbocycles. The summed E-state index contributed by atoms with van der Waals surface area (Å²) in [6.07, 6.45) is 0. The van der Waals surface area contributed by atoms with E-state index in [0.717, 1.165) is 33.9 Å². The number of hydrazone groups is 1. The Morgan fingerprint density at radius 2 is 1.42 bits per heavy atom. The zero-order chi connectivity index (χ0) is 16.4. The zero-order valence-electron chi connectivity index (χ0n) is 13.4. The minimum atomic E-state index is 0.758. The molecule has 0 atom stereocenters. The van der Waals surface area contributed by atoms with E-state index < -0.39 is 0 Å². The average molecular weight is 311 g/mol. The molecule has 0 fully saturated rings. The van der Waals surface area contributed by atoms with Crippen LogP contribution in [-0.4, -0.2) is 11.5 Å². The highest BCUT2D eigenvalue weighted by Gasteiger charge is 2.16. The van der Waals surface area contributed by atoms with Crippen LogP contribution in [0.5, 0.6) is 0 Å². The minimum absolute atomic E-state index is 0.758. The first-order valence-corrected chi connectivity index (χ1v) is 7.95. The molecule has 3 aromatic rings. The SMILES string of the molecule is Cc1ccc2c(c1)N=C(c1ccccc1)NN=C2c1ccccc1. The molecule has 3 heteroatoms. The largest absolute Gasteiger partial charge is 0.260 e. The predicted molar refractivity (Wildman–Crippen MR) is 99.0 cm³/mol. The Morgan fingerprint density at radius 1 is 0.750 bits per heavy atom. The van der Waals surface area contributed by atoms with E-state index >= 15 is 0 Å². The fourth-order valence-corrected chi connectivity index (χ4v) is 2.79. The van der Waals surface area contributed by atoms with Gasteiger partial charge in [-0.1, -0.05) is 72.8 Å². The molecule has 4 rings (SSSR count). The first kappa shape index (κ1) is 14.4. The van der Waals surface area contributed by atoms with Crippen molar-refractivity contribution >= 4 is 17.2 Å². The maximum atomic E-state index is 4.84. The molecule has 116 valence electrons. The Morgan fingerprint density at radius 3 is 2.12 bits per heavy atom. The molecule has 0 saturated heterocycles. The van der Waals surface area contributed by atoms with Gasteiger partial charge in [0.25, 0.3) is 0 Å². The van der Waals surface area contributed by atoms with Crippen LogP contribution in [0.3, 0.4) is 0 Å². The van der Waals surface area contributed by atoms with E-state index in [1.165, 1.54) is 5.56 Å². The van der Waals surface area contributed by atoms with Crippen LogP contribution in [0.25, 0.3) is 0 Å². The highest BCUT2D eigenvalue weighted by Crippen LogP contribution is 2.26. The second kappa shape index (κ2) is 6.13. The van der Waals surface area contributed by atoms with Crippen molar-refractivity contribution in [3.05, 3.63) is 101 Å². The van der Waals surface area contributed by atoms with Gasteiger partial charge in [-0.3, -0.25) is 5.43 Å². The van der Waals surface area contributed by atoms with Crippen LogP contribution in [-0.2, 0) is 0 Å². The number of nitrogens with one attached hydrogen (secondary N) is 1. The van der Waals surface area contributed by atoms with Crippen LogP contribution < -0.4 is 5.43 Å². The Hall–Kier alpha value is -3.20. The standard InChI is InChI=1S/C21H17N3/c1-15-12-13-18-19(14-15)22-21(17-10-6-3-7-11-17)24-23-20(18)16-8-4-2-5-9-16/h2-14H,1H3,(H,22,24). The van der Waals surface area contributed by atoms with Gasteiger partial charge in [0.1, 0.15) is 0 Å². The van der Waals surface area contributed by atoms with Crippen molar-refractivity contribution in [2.75, 3.05) is 0 Å². The maximum absolute atomic E-state index is 4.84. The van der Waals surface area contributed by atoms with E-state index in [0.29, 0.717) is 0 Å². The lowest BCUT2D eigenvalue weighted by Crippen LogP contribution is -2.19. The Labute approximate surface area is 141 Å². The lowest BCUT2D eigenvalue weighted by atomic mass is 9.99. The molecule has 1 aliphatic heterocycles. The van der Waals surface area contributed by atoms with Gasteiger partial charge in [0.2, 0.25) is 0 Å².